The Morgan fingerprint density at radius 2 is 2.25 bits per heavy atom. The second-order valence-electron chi connectivity index (χ2n) is 4.71. The van der Waals surface area contributed by atoms with Crippen LogP contribution in [0.3, 0.4) is 0 Å². The molecule has 1 aliphatic carbocycles. The molecule has 2 atom stereocenters. The second-order valence-corrected chi connectivity index (χ2v) is 4.71. The predicted octanol–water partition coefficient (Wildman–Crippen LogP) is 1.59. The van der Waals surface area contributed by atoms with Gasteiger partial charge in [0.25, 0.3) is 0 Å². The smallest absolute Gasteiger partial charge is 0.333 e. The maximum atomic E-state index is 11.4. The number of fused-ring (bicyclic) bond motifs is 1. The number of carbonyl (C=O) groups excluding carboxylic acids is 2. The molecule has 0 saturated heterocycles. The number of hydrogen-bond acceptors (Lipinski definition) is 4. The molecule has 0 unspecified atom stereocenters. The van der Waals surface area contributed by atoms with Gasteiger partial charge in [-0.25, -0.2) is 4.79 Å². The molecular formula is C12H16O4. The molecule has 0 amide bonds. The van der Waals surface area contributed by atoms with Crippen LogP contribution in [0.4, 0.5) is 0 Å². The Morgan fingerprint density at radius 3 is 2.88 bits per heavy atom. The van der Waals surface area contributed by atoms with Gasteiger partial charge in [-0.2, -0.15) is 0 Å². The van der Waals surface area contributed by atoms with Crippen molar-refractivity contribution >= 4 is 11.9 Å². The van der Waals surface area contributed by atoms with Crippen LogP contribution < -0.4 is 0 Å². The average Bonchev–Trinajstić information content (AvgIpc) is 2.49. The number of hydrogen-bond donors (Lipinski definition) is 0. The minimum atomic E-state index is -0.511. The van der Waals surface area contributed by atoms with Crippen LogP contribution >= 0.6 is 0 Å². The summed E-state index contributed by atoms with van der Waals surface area (Å²) in [7, 11) is 0. The quantitative estimate of drug-likeness (QED) is 0.635. The molecule has 1 aliphatic heterocycles. The number of ether oxygens (including phenoxy) is 2. The lowest BCUT2D eigenvalue weighted by Gasteiger charge is -2.33. The molecule has 0 bridgehead atoms. The second kappa shape index (κ2) is 3.61. The van der Waals surface area contributed by atoms with Crippen LogP contribution in [-0.2, 0) is 19.1 Å². The molecule has 4 heteroatoms. The monoisotopic (exact) mass is 224 g/mol. The average molecular weight is 224 g/mol. The maximum Gasteiger partial charge on any atom is 0.333 e. The Hall–Kier alpha value is -1.32. The number of cyclic esters (lactones) is 1. The van der Waals surface area contributed by atoms with Crippen molar-refractivity contribution < 1.29 is 19.1 Å². The van der Waals surface area contributed by atoms with Gasteiger partial charge in [0.1, 0.15) is 12.2 Å². The highest BCUT2D eigenvalue weighted by Gasteiger charge is 2.48. The molecule has 2 rings (SSSR count). The molecule has 2 aliphatic rings. The first-order chi connectivity index (χ1) is 7.44. The van der Waals surface area contributed by atoms with E-state index in [1.165, 1.54) is 6.92 Å². The summed E-state index contributed by atoms with van der Waals surface area (Å²) < 4.78 is 10.5. The van der Waals surface area contributed by atoms with Gasteiger partial charge in [-0.05, 0) is 32.3 Å². The fourth-order valence-electron chi connectivity index (χ4n) is 2.67. The minimum absolute atomic E-state index is 0.0362. The molecule has 0 spiro atoms. The van der Waals surface area contributed by atoms with Crippen LogP contribution in [0.5, 0.6) is 0 Å². The Balaban J connectivity index is 2.30. The molecule has 88 valence electrons. The summed E-state index contributed by atoms with van der Waals surface area (Å²) in [5, 5.41) is 0. The summed E-state index contributed by atoms with van der Waals surface area (Å²) in [5.41, 5.74) is 1.27. The Labute approximate surface area is 94.6 Å². The third kappa shape index (κ3) is 1.62. The van der Waals surface area contributed by atoms with E-state index in [0.717, 1.165) is 18.4 Å². The van der Waals surface area contributed by atoms with Crippen molar-refractivity contribution in [3.8, 4) is 0 Å². The van der Waals surface area contributed by atoms with Gasteiger partial charge in [-0.3, -0.25) is 4.79 Å². The maximum absolute atomic E-state index is 11.4. The topological polar surface area (TPSA) is 52.6 Å². The molecule has 16 heavy (non-hydrogen) atoms. The van der Waals surface area contributed by atoms with E-state index in [9.17, 15) is 9.59 Å². The zero-order valence-corrected chi connectivity index (χ0v) is 9.83. The van der Waals surface area contributed by atoms with Crippen LogP contribution in [0.25, 0.3) is 0 Å². The Bertz CT molecular complexity index is 382. The lowest BCUT2D eigenvalue weighted by molar-refractivity contribution is -0.162. The van der Waals surface area contributed by atoms with Gasteiger partial charge < -0.3 is 9.47 Å². The van der Waals surface area contributed by atoms with Crippen molar-refractivity contribution in [3.05, 3.63) is 11.1 Å². The molecule has 1 saturated carbocycles. The number of esters is 2. The lowest BCUT2D eigenvalue weighted by atomic mass is 9.87. The summed E-state index contributed by atoms with van der Waals surface area (Å²) in [6.45, 7) is 5.44. The third-order valence-electron chi connectivity index (χ3n) is 3.59. The summed E-state index contributed by atoms with van der Waals surface area (Å²) in [4.78, 5) is 22.5. The van der Waals surface area contributed by atoms with Crippen LogP contribution in [0.2, 0.25) is 0 Å². The number of carbonyl (C=O) groups is 2. The van der Waals surface area contributed by atoms with Crippen molar-refractivity contribution in [1.82, 2.24) is 0 Å². The molecule has 0 N–H and O–H groups in total. The zero-order valence-electron chi connectivity index (χ0n) is 9.83. The highest BCUT2D eigenvalue weighted by Crippen LogP contribution is 2.45. The molecule has 0 aromatic carbocycles. The van der Waals surface area contributed by atoms with E-state index in [2.05, 4.69) is 0 Å². The van der Waals surface area contributed by atoms with Gasteiger partial charge in [0.15, 0.2) is 0 Å². The SMILES string of the molecule is CC(=O)O[C@@]1(C)CCC2=C(C)C(=O)OC[C@@H]21. The van der Waals surface area contributed by atoms with E-state index < -0.39 is 5.60 Å². The van der Waals surface area contributed by atoms with Crippen molar-refractivity contribution in [2.45, 2.75) is 39.2 Å². The summed E-state index contributed by atoms with van der Waals surface area (Å²) in [6, 6.07) is 0. The highest BCUT2D eigenvalue weighted by atomic mass is 16.6. The van der Waals surface area contributed by atoms with E-state index >= 15 is 0 Å². The Kier molecular flexibility index (Phi) is 2.52. The van der Waals surface area contributed by atoms with Gasteiger partial charge in [0, 0.05) is 12.5 Å². The van der Waals surface area contributed by atoms with Crippen molar-refractivity contribution in [2.24, 2.45) is 5.92 Å². The van der Waals surface area contributed by atoms with Crippen molar-refractivity contribution in [3.63, 3.8) is 0 Å². The van der Waals surface area contributed by atoms with Gasteiger partial charge in [0.05, 0.1) is 5.92 Å². The fourth-order valence-corrected chi connectivity index (χ4v) is 2.67. The molecule has 1 heterocycles. The molecule has 0 aromatic heterocycles. The first-order valence-corrected chi connectivity index (χ1v) is 5.50. The first-order valence-electron chi connectivity index (χ1n) is 5.50. The minimum Gasteiger partial charge on any atom is -0.462 e. The zero-order chi connectivity index (χ0) is 11.9. The lowest BCUT2D eigenvalue weighted by Crippen LogP contribution is -2.40. The van der Waals surface area contributed by atoms with Gasteiger partial charge in [-0.15, -0.1) is 0 Å². The summed E-state index contributed by atoms with van der Waals surface area (Å²) in [6.07, 6.45) is 1.58. The highest BCUT2D eigenvalue weighted by molar-refractivity contribution is 5.90. The third-order valence-corrected chi connectivity index (χ3v) is 3.59. The van der Waals surface area contributed by atoms with E-state index in [1.54, 1.807) is 6.92 Å². The van der Waals surface area contributed by atoms with E-state index in [-0.39, 0.29) is 17.9 Å². The van der Waals surface area contributed by atoms with E-state index in [0.29, 0.717) is 12.2 Å². The fraction of sp³-hybridized carbons (Fsp3) is 0.667. The van der Waals surface area contributed by atoms with Gasteiger partial charge in [0.2, 0.25) is 0 Å². The molecule has 4 nitrogen and oxygen atoms in total. The van der Waals surface area contributed by atoms with Gasteiger partial charge >= 0.3 is 11.9 Å². The number of rotatable bonds is 1. The van der Waals surface area contributed by atoms with Gasteiger partial charge in [-0.1, -0.05) is 0 Å². The Morgan fingerprint density at radius 1 is 1.56 bits per heavy atom. The first kappa shape index (κ1) is 11.2. The van der Waals surface area contributed by atoms with E-state index in [4.69, 9.17) is 9.47 Å². The summed E-state index contributed by atoms with van der Waals surface area (Å²) in [5.74, 6) is -0.481. The van der Waals surface area contributed by atoms with Crippen molar-refractivity contribution in [2.75, 3.05) is 6.61 Å². The van der Waals surface area contributed by atoms with Crippen LogP contribution in [0, 0.1) is 5.92 Å². The van der Waals surface area contributed by atoms with Crippen LogP contribution in [-0.4, -0.2) is 24.1 Å². The normalized spacial score (nSPS) is 33.4. The van der Waals surface area contributed by atoms with E-state index in [1.807, 2.05) is 6.92 Å². The molecule has 0 aromatic rings. The summed E-state index contributed by atoms with van der Waals surface area (Å²) >= 11 is 0. The van der Waals surface area contributed by atoms with Crippen LogP contribution in [0.1, 0.15) is 33.6 Å². The molecular weight excluding hydrogens is 208 g/mol. The largest absolute Gasteiger partial charge is 0.462 e. The van der Waals surface area contributed by atoms with Crippen molar-refractivity contribution in [1.29, 1.82) is 0 Å². The molecule has 0 radical (unpaired) electrons. The standard InChI is InChI=1S/C12H16O4/c1-7-9-4-5-12(3,16-8(2)13)10(9)6-15-11(7)14/h10H,4-6H2,1-3H3/t10-,12-/m0/s1. The molecule has 1 fully saturated rings. The predicted molar refractivity (Wildman–Crippen MR) is 56.6 cm³/mol. The van der Waals surface area contributed by atoms with Crippen LogP contribution in [0.15, 0.2) is 11.1 Å².